The minimum atomic E-state index is -0.123. The Labute approximate surface area is 167 Å². The molecule has 3 aromatic rings. The van der Waals surface area contributed by atoms with Crippen LogP contribution >= 0.6 is 11.3 Å². The average Bonchev–Trinajstić information content (AvgIpc) is 3.20. The van der Waals surface area contributed by atoms with E-state index in [0.29, 0.717) is 37.1 Å². The molecular weight excluding hydrogens is 372 g/mol. The van der Waals surface area contributed by atoms with Crippen molar-refractivity contribution >= 4 is 27.5 Å². The molecule has 1 amide bonds. The second kappa shape index (κ2) is 7.48. The van der Waals surface area contributed by atoms with Crippen LogP contribution in [0, 0.1) is 13.8 Å². The monoisotopic (exact) mass is 396 g/mol. The molecule has 1 aromatic carbocycles. The summed E-state index contributed by atoms with van der Waals surface area (Å²) in [6.45, 7) is 5.12. The number of rotatable bonds is 4. The molecule has 1 saturated heterocycles. The smallest absolute Gasteiger partial charge is 0.259 e. The summed E-state index contributed by atoms with van der Waals surface area (Å²) >= 11 is 1.52. The number of carbonyl (C=O) groups is 1. The molecule has 4 rings (SSSR count). The number of aromatic amines is 1. The molecule has 0 unspecified atom stereocenters. The van der Waals surface area contributed by atoms with E-state index in [1.54, 1.807) is 0 Å². The third-order valence-electron chi connectivity index (χ3n) is 5.61. The molecule has 7 heteroatoms. The Morgan fingerprint density at radius 3 is 2.79 bits per heavy atom. The predicted molar refractivity (Wildman–Crippen MR) is 112 cm³/mol. The van der Waals surface area contributed by atoms with Crippen LogP contribution in [0.2, 0.25) is 0 Å². The number of hydrogen-bond acceptors (Lipinski definition) is 5. The summed E-state index contributed by atoms with van der Waals surface area (Å²) in [4.78, 5) is 36.1. The summed E-state index contributed by atoms with van der Waals surface area (Å²) in [6, 6.07) is 10.0. The van der Waals surface area contributed by atoms with Crippen molar-refractivity contribution in [3.63, 3.8) is 0 Å². The van der Waals surface area contributed by atoms with Crippen LogP contribution in [-0.4, -0.2) is 39.9 Å². The van der Waals surface area contributed by atoms with E-state index in [1.165, 1.54) is 16.9 Å². The fraction of sp³-hybridized carbons (Fsp3) is 0.381. The van der Waals surface area contributed by atoms with Crippen molar-refractivity contribution in [2.24, 2.45) is 5.73 Å². The summed E-state index contributed by atoms with van der Waals surface area (Å²) < 4.78 is 0. The quantitative estimate of drug-likeness (QED) is 0.709. The van der Waals surface area contributed by atoms with Crippen LogP contribution in [0.1, 0.15) is 34.2 Å². The van der Waals surface area contributed by atoms with E-state index in [2.05, 4.69) is 22.1 Å². The lowest BCUT2D eigenvalue weighted by molar-refractivity contribution is -0.130. The van der Waals surface area contributed by atoms with Crippen molar-refractivity contribution in [1.29, 1.82) is 0 Å². The Kier molecular flexibility index (Phi) is 5.03. The van der Waals surface area contributed by atoms with Gasteiger partial charge in [-0.2, -0.15) is 0 Å². The number of nitrogens with one attached hydrogen (secondary N) is 1. The number of benzene rings is 1. The van der Waals surface area contributed by atoms with Crippen LogP contribution in [0.4, 0.5) is 0 Å². The van der Waals surface area contributed by atoms with Crippen molar-refractivity contribution in [1.82, 2.24) is 14.9 Å². The van der Waals surface area contributed by atoms with Gasteiger partial charge in [0.15, 0.2) is 0 Å². The first kappa shape index (κ1) is 18.8. The topological polar surface area (TPSA) is 92.1 Å². The van der Waals surface area contributed by atoms with Crippen molar-refractivity contribution in [3.8, 4) is 0 Å². The van der Waals surface area contributed by atoms with Crippen LogP contribution in [0.3, 0.4) is 0 Å². The largest absolute Gasteiger partial charge is 0.340 e. The van der Waals surface area contributed by atoms with Crippen LogP contribution < -0.4 is 11.3 Å². The number of fused-ring (bicyclic) bond motifs is 1. The lowest BCUT2D eigenvalue weighted by Crippen LogP contribution is -2.32. The molecule has 0 bridgehead atoms. The zero-order chi connectivity index (χ0) is 19.8. The molecule has 6 nitrogen and oxygen atoms in total. The SMILES string of the molecule is Cc1sc2nc(CCC(=O)N3C[C@@H](N)[C@H](c4ccccc4)C3)[nH]c(=O)c2c1C. The molecular formula is C21H24N4O2S. The van der Waals surface area contributed by atoms with Crippen LogP contribution in [-0.2, 0) is 11.2 Å². The van der Waals surface area contributed by atoms with Gasteiger partial charge in [-0.1, -0.05) is 30.3 Å². The van der Waals surface area contributed by atoms with Crippen molar-refractivity contribution in [3.05, 3.63) is 62.5 Å². The van der Waals surface area contributed by atoms with E-state index in [4.69, 9.17) is 5.73 Å². The second-order valence-electron chi connectivity index (χ2n) is 7.46. The number of aryl methyl sites for hydroxylation is 3. The van der Waals surface area contributed by atoms with E-state index < -0.39 is 0 Å². The van der Waals surface area contributed by atoms with Gasteiger partial charge in [-0.05, 0) is 25.0 Å². The first-order valence-electron chi connectivity index (χ1n) is 9.51. The molecule has 146 valence electrons. The molecule has 0 aliphatic carbocycles. The predicted octanol–water partition coefficient (Wildman–Crippen LogP) is 2.49. The second-order valence-corrected chi connectivity index (χ2v) is 8.66. The Balaban J connectivity index is 1.44. The minimum Gasteiger partial charge on any atom is -0.340 e. The lowest BCUT2D eigenvalue weighted by Gasteiger charge is -2.16. The maximum Gasteiger partial charge on any atom is 0.259 e. The third-order valence-corrected chi connectivity index (χ3v) is 6.71. The van der Waals surface area contributed by atoms with Crippen molar-refractivity contribution in [2.45, 2.75) is 38.6 Å². The molecule has 0 spiro atoms. The number of nitrogens with zero attached hydrogens (tertiary/aromatic N) is 2. The Bertz CT molecular complexity index is 1070. The van der Waals surface area contributed by atoms with Gasteiger partial charge in [-0.15, -0.1) is 11.3 Å². The number of carbonyl (C=O) groups excluding carboxylic acids is 1. The van der Waals surface area contributed by atoms with Gasteiger partial charge in [-0.25, -0.2) is 4.98 Å². The standard InChI is InChI=1S/C21H24N4O2S/c1-12-13(2)28-21-19(12)20(27)23-17(24-21)8-9-18(26)25-10-15(16(22)11-25)14-6-4-3-5-7-14/h3-7,15-16H,8-11,22H2,1-2H3,(H,23,24,27)/t15-,16+/m0/s1. The highest BCUT2D eigenvalue weighted by Crippen LogP contribution is 2.27. The fourth-order valence-electron chi connectivity index (χ4n) is 3.89. The molecule has 2 aromatic heterocycles. The molecule has 1 fully saturated rings. The normalized spacial score (nSPS) is 19.5. The number of hydrogen-bond donors (Lipinski definition) is 2. The van der Waals surface area contributed by atoms with E-state index in [-0.39, 0.29) is 23.4 Å². The van der Waals surface area contributed by atoms with Gasteiger partial charge in [0, 0.05) is 42.8 Å². The Morgan fingerprint density at radius 1 is 1.29 bits per heavy atom. The summed E-state index contributed by atoms with van der Waals surface area (Å²) in [7, 11) is 0. The van der Waals surface area contributed by atoms with Gasteiger partial charge in [0.05, 0.1) is 5.39 Å². The number of thiophene rings is 1. The van der Waals surface area contributed by atoms with Gasteiger partial charge in [0.2, 0.25) is 5.91 Å². The molecule has 1 aliphatic heterocycles. The zero-order valence-electron chi connectivity index (χ0n) is 16.1. The van der Waals surface area contributed by atoms with Gasteiger partial charge in [0.1, 0.15) is 10.7 Å². The highest BCUT2D eigenvalue weighted by molar-refractivity contribution is 7.18. The highest BCUT2D eigenvalue weighted by Gasteiger charge is 2.33. The number of aromatic nitrogens is 2. The summed E-state index contributed by atoms with van der Waals surface area (Å²) in [5.74, 6) is 0.780. The first-order valence-corrected chi connectivity index (χ1v) is 10.3. The lowest BCUT2D eigenvalue weighted by atomic mass is 9.95. The molecule has 0 radical (unpaired) electrons. The van der Waals surface area contributed by atoms with Gasteiger partial charge >= 0.3 is 0 Å². The Hall–Kier alpha value is -2.51. The average molecular weight is 397 g/mol. The molecule has 2 atom stereocenters. The summed E-state index contributed by atoms with van der Waals surface area (Å²) in [5.41, 5.74) is 8.32. The number of nitrogens with two attached hydrogens (primary N) is 1. The van der Waals surface area contributed by atoms with Crippen LogP contribution in [0.5, 0.6) is 0 Å². The Morgan fingerprint density at radius 2 is 2.04 bits per heavy atom. The third kappa shape index (κ3) is 3.47. The van der Waals surface area contributed by atoms with Crippen molar-refractivity contribution < 1.29 is 4.79 Å². The minimum absolute atomic E-state index is 0.0511. The first-order chi connectivity index (χ1) is 13.4. The summed E-state index contributed by atoms with van der Waals surface area (Å²) in [5, 5.41) is 0.661. The summed E-state index contributed by atoms with van der Waals surface area (Å²) in [6.07, 6.45) is 0.730. The molecule has 1 aliphatic rings. The van der Waals surface area contributed by atoms with Gasteiger partial charge in [0.25, 0.3) is 5.56 Å². The molecule has 3 heterocycles. The zero-order valence-corrected chi connectivity index (χ0v) is 16.9. The number of likely N-dealkylation sites (tertiary alicyclic amines) is 1. The molecule has 0 saturated carbocycles. The molecule has 28 heavy (non-hydrogen) atoms. The van der Waals surface area contributed by atoms with Crippen molar-refractivity contribution in [2.75, 3.05) is 13.1 Å². The fourth-order valence-corrected chi connectivity index (χ4v) is 4.94. The van der Waals surface area contributed by atoms with E-state index in [1.807, 2.05) is 36.9 Å². The van der Waals surface area contributed by atoms with E-state index in [0.717, 1.165) is 15.3 Å². The number of H-pyrrole nitrogens is 1. The van der Waals surface area contributed by atoms with E-state index in [9.17, 15) is 9.59 Å². The maximum atomic E-state index is 12.7. The van der Waals surface area contributed by atoms with Crippen LogP contribution in [0.15, 0.2) is 35.1 Å². The maximum absolute atomic E-state index is 12.7. The highest BCUT2D eigenvalue weighted by atomic mass is 32.1. The van der Waals surface area contributed by atoms with Gasteiger partial charge < -0.3 is 15.6 Å². The van der Waals surface area contributed by atoms with Gasteiger partial charge in [-0.3, -0.25) is 9.59 Å². The number of amides is 1. The van der Waals surface area contributed by atoms with Crippen LogP contribution in [0.25, 0.3) is 10.2 Å². The van der Waals surface area contributed by atoms with E-state index >= 15 is 0 Å². The molecule has 3 N–H and O–H groups in total.